The van der Waals surface area contributed by atoms with Gasteiger partial charge in [0.2, 0.25) is 0 Å². The van der Waals surface area contributed by atoms with E-state index in [0.717, 1.165) is 10.7 Å². The van der Waals surface area contributed by atoms with Crippen LogP contribution in [0.4, 0.5) is 0 Å². The topological polar surface area (TPSA) is 25.8 Å². The van der Waals surface area contributed by atoms with Gasteiger partial charge in [0.05, 0.1) is 9.71 Å². The van der Waals surface area contributed by atoms with Crippen LogP contribution in [0.1, 0.15) is 5.01 Å². The summed E-state index contributed by atoms with van der Waals surface area (Å²) in [5.74, 6) is 0. The molecule has 0 aliphatic carbocycles. The molecule has 0 radical (unpaired) electrons. The first-order chi connectivity index (χ1) is 4.86. The molecule has 50 valence electrons. The zero-order valence-corrected chi connectivity index (χ0v) is 6.35. The molecule has 2 heterocycles. The SMILES string of the molecule is Cc1nc2ncccc2s1. The van der Waals surface area contributed by atoms with Gasteiger partial charge < -0.3 is 0 Å². The van der Waals surface area contributed by atoms with Crippen molar-refractivity contribution >= 4 is 21.7 Å². The number of hydrogen-bond acceptors (Lipinski definition) is 3. The molecule has 0 fully saturated rings. The summed E-state index contributed by atoms with van der Waals surface area (Å²) in [6.45, 7) is 1.99. The van der Waals surface area contributed by atoms with Gasteiger partial charge in [-0.1, -0.05) is 0 Å². The maximum absolute atomic E-state index is 4.22. The highest BCUT2D eigenvalue weighted by molar-refractivity contribution is 7.18. The van der Waals surface area contributed by atoms with Crippen LogP contribution in [0.5, 0.6) is 0 Å². The number of pyridine rings is 1. The van der Waals surface area contributed by atoms with E-state index in [0.29, 0.717) is 0 Å². The summed E-state index contributed by atoms with van der Waals surface area (Å²) < 4.78 is 1.17. The van der Waals surface area contributed by atoms with E-state index in [4.69, 9.17) is 0 Å². The highest BCUT2D eigenvalue weighted by atomic mass is 32.1. The van der Waals surface area contributed by atoms with E-state index in [1.54, 1.807) is 17.5 Å². The predicted molar refractivity (Wildman–Crippen MR) is 42.2 cm³/mol. The molecule has 0 bridgehead atoms. The van der Waals surface area contributed by atoms with Gasteiger partial charge in [-0.05, 0) is 19.1 Å². The molecule has 3 heteroatoms. The molecule has 0 amide bonds. The summed E-state index contributed by atoms with van der Waals surface area (Å²) in [4.78, 5) is 8.32. The fourth-order valence-electron chi connectivity index (χ4n) is 0.877. The lowest BCUT2D eigenvalue weighted by Gasteiger charge is -1.79. The lowest BCUT2D eigenvalue weighted by molar-refractivity contribution is 1.27. The van der Waals surface area contributed by atoms with Gasteiger partial charge in [-0.3, -0.25) is 0 Å². The van der Waals surface area contributed by atoms with Gasteiger partial charge >= 0.3 is 0 Å². The van der Waals surface area contributed by atoms with Crippen LogP contribution in [0.15, 0.2) is 18.3 Å². The molecule has 2 aromatic heterocycles. The standard InChI is InChI=1S/C7H6N2S/c1-5-9-7-6(10-5)3-2-4-8-7/h2-4H,1H3. The van der Waals surface area contributed by atoms with E-state index in [-0.39, 0.29) is 0 Å². The highest BCUT2D eigenvalue weighted by Crippen LogP contribution is 2.17. The fraction of sp³-hybridized carbons (Fsp3) is 0.143. The van der Waals surface area contributed by atoms with Gasteiger partial charge in [0.1, 0.15) is 0 Å². The first-order valence-electron chi connectivity index (χ1n) is 3.04. The largest absolute Gasteiger partial charge is 0.236 e. The highest BCUT2D eigenvalue weighted by Gasteiger charge is 1.97. The minimum atomic E-state index is 0.866. The van der Waals surface area contributed by atoms with E-state index in [9.17, 15) is 0 Å². The van der Waals surface area contributed by atoms with E-state index >= 15 is 0 Å². The summed E-state index contributed by atoms with van der Waals surface area (Å²) >= 11 is 1.68. The predicted octanol–water partition coefficient (Wildman–Crippen LogP) is 2.00. The van der Waals surface area contributed by atoms with Crippen LogP contribution >= 0.6 is 11.3 Å². The maximum Gasteiger partial charge on any atom is 0.170 e. The minimum Gasteiger partial charge on any atom is -0.236 e. The Balaban J connectivity index is 2.88. The Bertz CT molecular complexity index is 320. The zero-order valence-electron chi connectivity index (χ0n) is 5.53. The first-order valence-corrected chi connectivity index (χ1v) is 3.86. The van der Waals surface area contributed by atoms with Gasteiger partial charge in [-0.15, -0.1) is 11.3 Å². The van der Waals surface area contributed by atoms with E-state index < -0.39 is 0 Å². The minimum absolute atomic E-state index is 0.866. The van der Waals surface area contributed by atoms with Crippen LogP contribution < -0.4 is 0 Å². The lowest BCUT2D eigenvalue weighted by atomic mass is 10.5. The molecule has 0 aromatic carbocycles. The molecule has 0 saturated carbocycles. The average molecular weight is 150 g/mol. The van der Waals surface area contributed by atoms with Gasteiger partial charge in [0.15, 0.2) is 5.65 Å². The number of thiazole rings is 1. The number of aryl methyl sites for hydroxylation is 1. The molecule has 0 aliphatic rings. The first kappa shape index (κ1) is 5.80. The summed E-state index contributed by atoms with van der Waals surface area (Å²) in [6, 6.07) is 3.97. The second-order valence-electron chi connectivity index (χ2n) is 2.06. The third-order valence-corrected chi connectivity index (χ3v) is 2.20. The quantitative estimate of drug-likeness (QED) is 0.574. The Morgan fingerprint density at radius 3 is 3.20 bits per heavy atom. The number of hydrogen-bond donors (Lipinski definition) is 0. The fourth-order valence-corrected chi connectivity index (χ4v) is 1.66. The molecule has 0 N–H and O–H groups in total. The van der Waals surface area contributed by atoms with Gasteiger partial charge in [-0.2, -0.15) is 0 Å². The van der Waals surface area contributed by atoms with Crippen LogP contribution in [0.2, 0.25) is 0 Å². The number of nitrogens with zero attached hydrogens (tertiary/aromatic N) is 2. The van der Waals surface area contributed by atoms with Crippen molar-refractivity contribution < 1.29 is 0 Å². The Labute approximate surface area is 62.6 Å². The Hall–Kier alpha value is -0.960. The summed E-state index contributed by atoms with van der Waals surface area (Å²) in [6.07, 6.45) is 1.77. The molecular weight excluding hydrogens is 144 g/mol. The van der Waals surface area contributed by atoms with Gasteiger partial charge in [0.25, 0.3) is 0 Å². The van der Waals surface area contributed by atoms with Crippen molar-refractivity contribution in [1.29, 1.82) is 0 Å². The summed E-state index contributed by atoms with van der Waals surface area (Å²) in [5.41, 5.74) is 0.866. The maximum atomic E-state index is 4.22. The van der Waals surface area contributed by atoms with Crippen molar-refractivity contribution in [3.05, 3.63) is 23.3 Å². The second kappa shape index (κ2) is 2.02. The molecule has 2 nitrogen and oxygen atoms in total. The van der Waals surface area contributed by atoms with Crippen LogP contribution in [-0.4, -0.2) is 9.97 Å². The Morgan fingerprint density at radius 1 is 1.50 bits per heavy atom. The van der Waals surface area contributed by atoms with Crippen molar-refractivity contribution in [2.45, 2.75) is 6.92 Å². The van der Waals surface area contributed by atoms with Crippen LogP contribution in [0, 0.1) is 6.92 Å². The van der Waals surface area contributed by atoms with Crippen molar-refractivity contribution in [2.75, 3.05) is 0 Å². The van der Waals surface area contributed by atoms with Gasteiger partial charge in [-0.25, -0.2) is 9.97 Å². The third-order valence-electron chi connectivity index (χ3n) is 1.27. The summed E-state index contributed by atoms with van der Waals surface area (Å²) in [7, 11) is 0. The lowest BCUT2D eigenvalue weighted by Crippen LogP contribution is -1.72. The molecule has 0 unspecified atom stereocenters. The molecule has 0 saturated heterocycles. The van der Waals surface area contributed by atoms with E-state index in [2.05, 4.69) is 9.97 Å². The third kappa shape index (κ3) is 0.789. The number of fused-ring (bicyclic) bond motifs is 1. The van der Waals surface area contributed by atoms with E-state index in [1.807, 2.05) is 19.1 Å². The van der Waals surface area contributed by atoms with Crippen molar-refractivity contribution in [2.24, 2.45) is 0 Å². The second-order valence-corrected chi connectivity index (χ2v) is 3.29. The van der Waals surface area contributed by atoms with Crippen LogP contribution in [0.25, 0.3) is 10.3 Å². The van der Waals surface area contributed by atoms with Crippen molar-refractivity contribution in [1.82, 2.24) is 9.97 Å². The monoisotopic (exact) mass is 150 g/mol. The molecule has 0 atom stereocenters. The normalized spacial score (nSPS) is 10.5. The molecule has 2 aromatic rings. The van der Waals surface area contributed by atoms with E-state index in [1.165, 1.54) is 4.70 Å². The zero-order chi connectivity index (χ0) is 6.97. The molecular formula is C7H6N2S. The van der Waals surface area contributed by atoms with Crippen molar-refractivity contribution in [3.63, 3.8) is 0 Å². The van der Waals surface area contributed by atoms with Gasteiger partial charge in [0, 0.05) is 6.20 Å². The summed E-state index contributed by atoms with van der Waals surface area (Å²) in [5, 5.41) is 1.08. The smallest absolute Gasteiger partial charge is 0.170 e. The van der Waals surface area contributed by atoms with Crippen molar-refractivity contribution in [3.8, 4) is 0 Å². The van der Waals surface area contributed by atoms with Crippen LogP contribution in [0.3, 0.4) is 0 Å². The average Bonchev–Trinajstić information content (AvgIpc) is 2.27. The Morgan fingerprint density at radius 2 is 2.40 bits per heavy atom. The number of rotatable bonds is 0. The molecule has 2 rings (SSSR count). The number of aromatic nitrogens is 2. The molecule has 10 heavy (non-hydrogen) atoms. The Kier molecular flexibility index (Phi) is 1.17. The molecule has 0 aliphatic heterocycles. The molecule has 0 spiro atoms. The van der Waals surface area contributed by atoms with Crippen LogP contribution in [-0.2, 0) is 0 Å².